The molecule has 0 N–H and O–H groups in total. The van der Waals surface area contributed by atoms with E-state index in [0.717, 1.165) is 4.57 Å². The third-order valence-corrected chi connectivity index (χ3v) is 2.46. The number of hydrogen-bond acceptors (Lipinski definition) is 3. The van der Waals surface area contributed by atoms with E-state index < -0.39 is 0 Å². The third-order valence-electron chi connectivity index (χ3n) is 2.46. The third kappa shape index (κ3) is 2.21. The first-order valence-corrected chi connectivity index (χ1v) is 4.82. The average molecular weight is 225 g/mol. The maximum absolute atomic E-state index is 11.7. The molecule has 0 aliphatic rings. The van der Waals surface area contributed by atoms with Crippen molar-refractivity contribution in [3.05, 3.63) is 32.6 Å². The molecule has 0 radical (unpaired) electrons. The van der Waals surface area contributed by atoms with E-state index in [1.807, 2.05) is 0 Å². The summed E-state index contributed by atoms with van der Waals surface area (Å²) in [7, 11) is 4.59. The molecule has 0 saturated heterocycles. The summed E-state index contributed by atoms with van der Waals surface area (Å²) in [4.78, 5) is 35.6. The van der Waals surface area contributed by atoms with Crippen molar-refractivity contribution in [2.45, 2.75) is 13.5 Å². The number of rotatable bonds is 2. The normalized spacial score (nSPS) is 10.2. The highest BCUT2D eigenvalue weighted by molar-refractivity contribution is 5.72. The van der Waals surface area contributed by atoms with E-state index in [9.17, 15) is 14.4 Å². The van der Waals surface area contributed by atoms with Gasteiger partial charge in [-0.3, -0.25) is 14.2 Å². The maximum Gasteiger partial charge on any atom is 0.330 e. The summed E-state index contributed by atoms with van der Waals surface area (Å²) < 4.78 is 2.36. The van der Waals surface area contributed by atoms with E-state index >= 15 is 0 Å². The predicted molar refractivity (Wildman–Crippen MR) is 59.1 cm³/mol. The smallest absolute Gasteiger partial charge is 0.330 e. The number of carbonyl (C=O) groups is 1. The van der Waals surface area contributed by atoms with Crippen molar-refractivity contribution in [2.24, 2.45) is 14.1 Å². The molecule has 0 spiro atoms. The number of aryl methyl sites for hydroxylation is 1. The van der Waals surface area contributed by atoms with Crippen LogP contribution in [0.3, 0.4) is 0 Å². The Bertz CT molecular complexity index is 527. The molecule has 0 unspecified atom stereocenters. The lowest BCUT2D eigenvalue weighted by Crippen LogP contribution is -2.40. The summed E-state index contributed by atoms with van der Waals surface area (Å²) >= 11 is 0. The molecule has 6 nitrogen and oxygen atoms in total. The zero-order valence-corrected chi connectivity index (χ0v) is 9.85. The molecule has 0 fully saturated rings. The van der Waals surface area contributed by atoms with Crippen LogP contribution in [-0.2, 0) is 25.4 Å². The van der Waals surface area contributed by atoms with Crippen molar-refractivity contribution >= 4 is 5.91 Å². The van der Waals surface area contributed by atoms with Crippen LogP contribution in [-0.4, -0.2) is 27.0 Å². The van der Waals surface area contributed by atoms with Gasteiger partial charge in [0.1, 0.15) is 0 Å². The van der Waals surface area contributed by atoms with Crippen molar-refractivity contribution in [3.63, 3.8) is 0 Å². The molecule has 88 valence electrons. The topological polar surface area (TPSA) is 64.3 Å². The molecule has 6 heteroatoms. The molecule has 0 aliphatic carbocycles. The first kappa shape index (κ1) is 12.2. The van der Waals surface area contributed by atoms with Crippen LogP contribution in [0, 0.1) is 0 Å². The van der Waals surface area contributed by atoms with Gasteiger partial charge in [-0.1, -0.05) is 0 Å². The first-order chi connectivity index (χ1) is 7.34. The van der Waals surface area contributed by atoms with Gasteiger partial charge in [0.25, 0.3) is 5.56 Å². The zero-order valence-electron chi connectivity index (χ0n) is 9.85. The van der Waals surface area contributed by atoms with Crippen LogP contribution < -0.4 is 11.2 Å². The molecular weight excluding hydrogens is 210 g/mol. The molecule has 1 amide bonds. The van der Waals surface area contributed by atoms with Gasteiger partial charge in [0, 0.05) is 34.3 Å². The van der Waals surface area contributed by atoms with Gasteiger partial charge in [-0.05, 0) is 0 Å². The minimum absolute atomic E-state index is 0.129. The molecule has 0 bridgehead atoms. The monoisotopic (exact) mass is 225 g/mol. The minimum atomic E-state index is -0.376. The largest absolute Gasteiger partial charge is 0.341 e. The van der Waals surface area contributed by atoms with E-state index in [-0.39, 0.29) is 23.7 Å². The maximum atomic E-state index is 11.7. The highest BCUT2D eigenvalue weighted by Crippen LogP contribution is 1.95. The lowest BCUT2D eigenvalue weighted by molar-refractivity contribution is -0.128. The lowest BCUT2D eigenvalue weighted by atomic mass is 10.3. The van der Waals surface area contributed by atoms with Gasteiger partial charge in [0.15, 0.2) is 0 Å². The minimum Gasteiger partial charge on any atom is -0.341 e. The summed E-state index contributed by atoms with van der Waals surface area (Å²) in [5.74, 6) is -0.129. The Kier molecular flexibility index (Phi) is 3.31. The molecule has 1 aromatic rings. The van der Waals surface area contributed by atoms with E-state index in [2.05, 4.69) is 0 Å². The van der Waals surface area contributed by atoms with Crippen molar-refractivity contribution in [2.75, 3.05) is 7.05 Å². The molecule has 0 atom stereocenters. The fourth-order valence-corrected chi connectivity index (χ4v) is 1.36. The van der Waals surface area contributed by atoms with Gasteiger partial charge in [-0.25, -0.2) is 4.79 Å². The number of carbonyl (C=O) groups excluding carboxylic acids is 1. The number of amides is 1. The molecule has 0 aromatic carbocycles. The fraction of sp³-hybridized carbons (Fsp3) is 0.500. The average Bonchev–Trinajstić information content (AvgIpc) is 2.22. The van der Waals surface area contributed by atoms with E-state index in [1.165, 1.54) is 29.6 Å². The quantitative estimate of drug-likeness (QED) is 0.652. The SMILES string of the molecule is CC(=O)N(C)Cc1cn(C)c(=O)n(C)c1=O. The van der Waals surface area contributed by atoms with E-state index in [0.29, 0.717) is 5.56 Å². The van der Waals surface area contributed by atoms with Crippen LogP contribution in [0.15, 0.2) is 15.8 Å². The molecule has 16 heavy (non-hydrogen) atoms. The molecular formula is C10H15N3O3. The van der Waals surface area contributed by atoms with Crippen molar-refractivity contribution < 1.29 is 4.79 Å². The Hall–Kier alpha value is -1.85. The molecule has 1 aromatic heterocycles. The van der Waals surface area contributed by atoms with Gasteiger partial charge in [-0.2, -0.15) is 0 Å². The van der Waals surface area contributed by atoms with Gasteiger partial charge in [0.05, 0.1) is 12.1 Å². The van der Waals surface area contributed by atoms with Gasteiger partial charge < -0.3 is 9.47 Å². The number of aromatic nitrogens is 2. The number of hydrogen-bond donors (Lipinski definition) is 0. The van der Waals surface area contributed by atoms with Crippen molar-refractivity contribution in [1.82, 2.24) is 14.0 Å². The predicted octanol–water partition coefficient (Wildman–Crippen LogP) is -0.938. The number of nitrogens with zero attached hydrogens (tertiary/aromatic N) is 3. The van der Waals surface area contributed by atoms with E-state index in [4.69, 9.17) is 0 Å². The highest BCUT2D eigenvalue weighted by atomic mass is 16.2. The molecule has 0 aliphatic heterocycles. The van der Waals surface area contributed by atoms with Crippen molar-refractivity contribution in [3.8, 4) is 0 Å². The standard InChI is InChI=1S/C10H15N3O3/c1-7(14)11(2)5-8-6-12(3)10(16)13(4)9(8)15/h6H,5H2,1-4H3. The van der Waals surface area contributed by atoms with Crippen LogP contribution in [0.25, 0.3) is 0 Å². The van der Waals surface area contributed by atoms with Gasteiger partial charge in [-0.15, -0.1) is 0 Å². The summed E-state index contributed by atoms with van der Waals surface area (Å²) in [6.45, 7) is 1.63. The lowest BCUT2D eigenvalue weighted by Gasteiger charge is -2.15. The highest BCUT2D eigenvalue weighted by Gasteiger charge is 2.10. The molecule has 1 heterocycles. The van der Waals surface area contributed by atoms with Gasteiger partial charge in [0.2, 0.25) is 5.91 Å². The Morgan fingerprint density at radius 1 is 1.38 bits per heavy atom. The van der Waals surface area contributed by atoms with Crippen LogP contribution in [0.2, 0.25) is 0 Å². The Balaban J connectivity index is 3.22. The second-order valence-electron chi connectivity index (χ2n) is 3.79. The van der Waals surface area contributed by atoms with Gasteiger partial charge >= 0.3 is 5.69 Å². The summed E-state index contributed by atoms with van der Waals surface area (Å²) in [6.07, 6.45) is 1.46. The van der Waals surface area contributed by atoms with Crippen LogP contribution >= 0.6 is 0 Å². The summed E-state index contributed by atoms with van der Waals surface area (Å²) in [5, 5.41) is 0. The second kappa shape index (κ2) is 4.34. The van der Waals surface area contributed by atoms with Crippen LogP contribution in [0.1, 0.15) is 12.5 Å². The zero-order chi connectivity index (χ0) is 12.5. The Morgan fingerprint density at radius 3 is 2.44 bits per heavy atom. The van der Waals surface area contributed by atoms with Crippen molar-refractivity contribution in [1.29, 1.82) is 0 Å². The Labute approximate surface area is 92.7 Å². The summed E-state index contributed by atoms with van der Waals surface area (Å²) in [6, 6.07) is 0. The van der Waals surface area contributed by atoms with Crippen LogP contribution in [0.4, 0.5) is 0 Å². The first-order valence-electron chi connectivity index (χ1n) is 4.82. The summed E-state index contributed by atoms with van der Waals surface area (Å²) in [5.41, 5.74) is -0.322. The Morgan fingerprint density at radius 2 is 1.94 bits per heavy atom. The molecule has 1 rings (SSSR count). The second-order valence-corrected chi connectivity index (χ2v) is 3.79. The fourth-order valence-electron chi connectivity index (χ4n) is 1.36. The molecule has 0 saturated carbocycles. The van der Waals surface area contributed by atoms with Crippen LogP contribution in [0.5, 0.6) is 0 Å². The van der Waals surface area contributed by atoms with E-state index in [1.54, 1.807) is 14.1 Å².